The van der Waals surface area contributed by atoms with E-state index in [1.54, 1.807) is 7.11 Å². The Balaban J connectivity index is 0.000000280. The van der Waals surface area contributed by atoms with Crippen molar-refractivity contribution in [1.29, 1.82) is 0 Å². The Bertz CT molecular complexity index is 1230. The minimum atomic E-state index is -0.558. The lowest BCUT2D eigenvalue weighted by molar-refractivity contribution is -0.0277. The minimum Gasteiger partial charge on any atom is -0.497 e. The smallest absolute Gasteiger partial charge is 0.118 e. The van der Waals surface area contributed by atoms with E-state index in [0.29, 0.717) is 22.0 Å². The number of methoxy groups -OCH3 is 1. The number of nitrogens with zero attached hydrogens (tertiary/aromatic N) is 1. The molecule has 4 nitrogen and oxygen atoms in total. The van der Waals surface area contributed by atoms with E-state index >= 15 is 0 Å². The molecule has 3 aromatic rings. The van der Waals surface area contributed by atoms with E-state index in [9.17, 15) is 5.11 Å². The molecule has 5 rings (SSSR count). The van der Waals surface area contributed by atoms with Crippen molar-refractivity contribution < 1.29 is 9.84 Å². The summed E-state index contributed by atoms with van der Waals surface area (Å²) in [7, 11) is 7.85. The number of hydrogen-bond acceptors (Lipinski definition) is 4. The molecule has 2 N–H and O–H groups in total. The molecule has 3 atom stereocenters. The van der Waals surface area contributed by atoms with Crippen LogP contribution in [0.4, 0.5) is 0 Å². The van der Waals surface area contributed by atoms with Gasteiger partial charge in [-0.1, -0.05) is 84.9 Å². The zero-order valence-corrected chi connectivity index (χ0v) is 28.3. The Labute approximate surface area is 275 Å². The van der Waals surface area contributed by atoms with E-state index in [4.69, 9.17) is 27.9 Å². The highest BCUT2D eigenvalue weighted by Crippen LogP contribution is 2.42. The molecule has 0 aliphatic heterocycles. The summed E-state index contributed by atoms with van der Waals surface area (Å²) in [5.74, 6) is 1.45. The maximum absolute atomic E-state index is 11.1. The van der Waals surface area contributed by atoms with Crippen LogP contribution in [0.15, 0.2) is 66.7 Å². The fourth-order valence-electron chi connectivity index (χ4n) is 6.46. The van der Waals surface area contributed by atoms with Crippen molar-refractivity contribution in [2.45, 2.75) is 68.4 Å². The van der Waals surface area contributed by atoms with Gasteiger partial charge in [0.15, 0.2) is 0 Å². The predicted octanol–water partition coefficient (Wildman–Crippen LogP) is 9.06. The van der Waals surface area contributed by atoms with Gasteiger partial charge < -0.3 is 20.1 Å². The Morgan fingerprint density at radius 1 is 0.905 bits per heavy atom. The van der Waals surface area contributed by atoms with Crippen LogP contribution in [-0.2, 0) is 0 Å². The first kappa shape index (κ1) is 36.7. The maximum Gasteiger partial charge on any atom is 0.118 e. The lowest BCUT2D eigenvalue weighted by Crippen LogP contribution is -2.42. The van der Waals surface area contributed by atoms with Crippen LogP contribution in [0.5, 0.6) is 5.75 Å². The summed E-state index contributed by atoms with van der Waals surface area (Å²) < 4.78 is 5.23. The van der Waals surface area contributed by atoms with Gasteiger partial charge in [-0.2, -0.15) is 0 Å². The number of aliphatic hydroxyl groups is 1. The Morgan fingerprint density at radius 3 is 2.12 bits per heavy atom. The van der Waals surface area contributed by atoms with E-state index in [1.165, 1.54) is 28.7 Å². The molecular weight excluding hydrogens is 610 g/mol. The van der Waals surface area contributed by atoms with Gasteiger partial charge in [-0.05, 0) is 93.3 Å². The second-order valence-corrected chi connectivity index (χ2v) is 12.3. The van der Waals surface area contributed by atoms with Crippen LogP contribution >= 0.6 is 48.0 Å². The van der Waals surface area contributed by atoms with Crippen molar-refractivity contribution in [2.75, 3.05) is 34.8 Å². The third kappa shape index (κ3) is 9.01. The fourth-order valence-corrected chi connectivity index (χ4v) is 6.77. The maximum atomic E-state index is 11.1. The van der Waals surface area contributed by atoms with Gasteiger partial charge in [0.05, 0.1) is 22.8 Å². The molecule has 0 spiro atoms. The second kappa shape index (κ2) is 17.1. The third-order valence-electron chi connectivity index (χ3n) is 8.62. The van der Waals surface area contributed by atoms with Crippen molar-refractivity contribution in [2.24, 2.45) is 0 Å². The molecule has 0 aromatic heterocycles. The predicted molar refractivity (Wildman–Crippen MR) is 183 cm³/mol. The molecular formula is C34H46Cl4N2O2. The molecule has 0 saturated heterocycles. The van der Waals surface area contributed by atoms with Crippen LogP contribution in [0.2, 0.25) is 10.0 Å². The molecule has 2 aliphatic rings. The van der Waals surface area contributed by atoms with Crippen LogP contribution in [0.3, 0.4) is 0 Å². The highest BCUT2D eigenvalue weighted by atomic mass is 35.5. The van der Waals surface area contributed by atoms with E-state index < -0.39 is 5.60 Å². The number of hydrogen-bond donors (Lipinski definition) is 2. The normalized spacial score (nSPS) is 19.7. The van der Waals surface area contributed by atoms with Crippen LogP contribution in [-0.4, -0.2) is 50.4 Å². The standard InChI is InChI=1S/C17H17Cl2N.C17H27NO2.2ClH/c1-20-17-9-7-12(13-4-2-3-5-14(13)17)11-6-8-15(18)16(19)10-11;1-18(2)13-16(17(19)11-5-4-6-12-17)14-7-9-15(20-3)10-8-14;;/h2-6,8,10,12,17,20H,7,9H2,1H3;7-10,16,19H,4-6,11-13H2,1-3H3;2*1H/t12-,17-;;;/m0.../s1. The summed E-state index contributed by atoms with van der Waals surface area (Å²) in [4.78, 5) is 2.17. The monoisotopic (exact) mass is 654 g/mol. The molecule has 232 valence electrons. The first-order valence-electron chi connectivity index (χ1n) is 14.5. The van der Waals surface area contributed by atoms with Crippen molar-refractivity contribution in [3.8, 4) is 5.75 Å². The Morgan fingerprint density at radius 2 is 1.55 bits per heavy atom. The summed E-state index contributed by atoms with van der Waals surface area (Å²) in [5.41, 5.74) is 4.70. The van der Waals surface area contributed by atoms with Crippen LogP contribution in [0.1, 0.15) is 85.1 Å². The van der Waals surface area contributed by atoms with Gasteiger partial charge in [0.25, 0.3) is 0 Å². The van der Waals surface area contributed by atoms with Gasteiger partial charge in [0, 0.05) is 24.4 Å². The van der Waals surface area contributed by atoms with Gasteiger partial charge in [0.1, 0.15) is 5.75 Å². The third-order valence-corrected chi connectivity index (χ3v) is 9.36. The van der Waals surface area contributed by atoms with Crippen molar-refractivity contribution >= 4 is 48.0 Å². The zero-order chi connectivity index (χ0) is 28.7. The SMILES string of the molecule is CN[C@H]1CC[C@@H](c2ccc(Cl)c(Cl)c2)c2ccccc21.COc1ccc(C(CN(C)C)C2(O)CCCCC2)cc1.Cl.Cl. The molecule has 1 unspecified atom stereocenters. The summed E-state index contributed by atoms with van der Waals surface area (Å²) in [5, 5.41) is 15.8. The largest absolute Gasteiger partial charge is 0.497 e. The van der Waals surface area contributed by atoms with E-state index in [0.717, 1.165) is 50.8 Å². The summed E-state index contributed by atoms with van der Waals surface area (Å²) in [6.07, 6.45) is 7.61. The van der Waals surface area contributed by atoms with Crippen molar-refractivity contribution in [1.82, 2.24) is 10.2 Å². The number of benzene rings is 3. The molecule has 0 amide bonds. The lowest BCUT2D eigenvalue weighted by atomic mass is 9.72. The highest BCUT2D eigenvalue weighted by molar-refractivity contribution is 6.42. The average molecular weight is 657 g/mol. The Kier molecular flexibility index (Phi) is 14.9. The fraction of sp³-hybridized carbons (Fsp3) is 0.471. The van der Waals surface area contributed by atoms with Gasteiger partial charge >= 0.3 is 0 Å². The first-order valence-corrected chi connectivity index (χ1v) is 15.2. The average Bonchev–Trinajstić information content (AvgIpc) is 2.97. The summed E-state index contributed by atoms with van der Waals surface area (Å²) >= 11 is 12.2. The number of halogens is 4. The first-order chi connectivity index (χ1) is 19.3. The zero-order valence-electron chi connectivity index (χ0n) is 25.1. The quantitative estimate of drug-likeness (QED) is 0.267. The van der Waals surface area contributed by atoms with Crippen LogP contribution in [0, 0.1) is 0 Å². The molecule has 8 heteroatoms. The molecule has 0 heterocycles. The van der Waals surface area contributed by atoms with Gasteiger partial charge in [-0.25, -0.2) is 0 Å². The van der Waals surface area contributed by atoms with Gasteiger partial charge in [-0.15, -0.1) is 24.8 Å². The Hall–Kier alpha value is -1.50. The van der Waals surface area contributed by atoms with Crippen molar-refractivity contribution in [3.05, 3.63) is 99.0 Å². The molecule has 0 radical (unpaired) electrons. The number of rotatable bonds is 7. The number of likely N-dealkylation sites (N-methyl/N-ethyl adjacent to an activating group) is 1. The van der Waals surface area contributed by atoms with Crippen LogP contribution in [0.25, 0.3) is 0 Å². The number of nitrogens with one attached hydrogen (secondary N) is 1. The minimum absolute atomic E-state index is 0. The summed E-state index contributed by atoms with van der Waals surface area (Å²) in [6.45, 7) is 0.878. The topological polar surface area (TPSA) is 44.7 Å². The van der Waals surface area contributed by atoms with Gasteiger partial charge in [0.2, 0.25) is 0 Å². The number of ether oxygens (including phenoxy) is 1. The molecule has 3 aromatic carbocycles. The molecule has 42 heavy (non-hydrogen) atoms. The van der Waals surface area contributed by atoms with E-state index in [1.807, 2.05) is 31.3 Å². The van der Waals surface area contributed by atoms with E-state index in [-0.39, 0.29) is 30.7 Å². The van der Waals surface area contributed by atoms with E-state index in [2.05, 4.69) is 66.8 Å². The molecule has 1 saturated carbocycles. The molecule has 0 bridgehead atoms. The van der Waals surface area contributed by atoms with Gasteiger partial charge in [-0.3, -0.25) is 0 Å². The summed E-state index contributed by atoms with van der Waals surface area (Å²) in [6, 6.07) is 23.3. The van der Waals surface area contributed by atoms with Crippen molar-refractivity contribution in [3.63, 3.8) is 0 Å². The van der Waals surface area contributed by atoms with Crippen LogP contribution < -0.4 is 10.1 Å². The number of fused-ring (bicyclic) bond motifs is 1. The highest BCUT2D eigenvalue weighted by Gasteiger charge is 2.38. The second-order valence-electron chi connectivity index (χ2n) is 11.5. The molecule has 1 fully saturated rings. The lowest BCUT2D eigenvalue weighted by Gasteiger charge is -2.40. The molecule has 2 aliphatic carbocycles.